The number of thioether (sulfide) groups is 1. The van der Waals surface area contributed by atoms with Crippen LogP contribution in [0.2, 0.25) is 0 Å². The second-order valence-electron chi connectivity index (χ2n) is 3.08. The molecule has 1 aliphatic rings. The van der Waals surface area contributed by atoms with E-state index < -0.39 is 6.17 Å². The molecule has 0 fully saturated rings. The molecule has 0 unspecified atom stereocenters. The van der Waals surface area contributed by atoms with Crippen molar-refractivity contribution in [2.24, 2.45) is 0 Å². The van der Waals surface area contributed by atoms with Crippen molar-refractivity contribution < 1.29 is 4.39 Å². The number of hydrogen-bond donors (Lipinski definition) is 0. The van der Waals surface area contributed by atoms with Crippen LogP contribution in [0.5, 0.6) is 0 Å². The van der Waals surface area contributed by atoms with Crippen LogP contribution in [-0.2, 0) is 6.42 Å². The molecule has 0 aromatic heterocycles. The highest BCUT2D eigenvalue weighted by atomic mass is 32.2. The minimum atomic E-state index is -0.754. The Balaban J connectivity index is 2.35. The standard InChI is InChI=1S/C10H11FS/c1-12-9-6-7-4-2-3-5-8(7)10(9)11/h2-5,9-10H,6H2,1H3/t9-,10-/m0/s1. The molecule has 0 saturated heterocycles. The molecule has 1 aromatic carbocycles. The molecule has 0 N–H and O–H groups in total. The van der Waals surface area contributed by atoms with Crippen LogP contribution >= 0.6 is 11.8 Å². The van der Waals surface area contributed by atoms with Crippen molar-refractivity contribution in [2.45, 2.75) is 17.8 Å². The molecule has 2 rings (SSSR count). The third-order valence-corrected chi connectivity index (χ3v) is 3.41. The summed E-state index contributed by atoms with van der Waals surface area (Å²) in [4.78, 5) is 0. The van der Waals surface area contributed by atoms with E-state index in [9.17, 15) is 4.39 Å². The molecule has 12 heavy (non-hydrogen) atoms. The van der Waals surface area contributed by atoms with E-state index in [1.54, 1.807) is 11.8 Å². The molecule has 0 bridgehead atoms. The summed E-state index contributed by atoms with van der Waals surface area (Å²) in [5.74, 6) is 0. The van der Waals surface area contributed by atoms with E-state index in [1.165, 1.54) is 5.56 Å². The Morgan fingerprint density at radius 3 is 2.83 bits per heavy atom. The monoisotopic (exact) mass is 182 g/mol. The van der Waals surface area contributed by atoms with Gasteiger partial charge in [-0.2, -0.15) is 11.8 Å². The first-order valence-corrected chi connectivity index (χ1v) is 5.36. The highest BCUT2D eigenvalue weighted by Crippen LogP contribution is 2.39. The van der Waals surface area contributed by atoms with Crippen molar-refractivity contribution in [3.05, 3.63) is 35.4 Å². The third kappa shape index (κ3) is 1.14. The van der Waals surface area contributed by atoms with Gasteiger partial charge in [0.15, 0.2) is 0 Å². The minimum absolute atomic E-state index is 0.141. The smallest absolute Gasteiger partial charge is 0.137 e. The highest BCUT2D eigenvalue weighted by Gasteiger charge is 2.31. The zero-order valence-corrected chi connectivity index (χ0v) is 7.77. The second-order valence-corrected chi connectivity index (χ2v) is 4.16. The average Bonchev–Trinajstić information content (AvgIpc) is 2.44. The Kier molecular flexibility index (Phi) is 2.09. The summed E-state index contributed by atoms with van der Waals surface area (Å²) < 4.78 is 13.6. The SMILES string of the molecule is CS[C@H]1Cc2ccccc2[C@@H]1F. The average molecular weight is 182 g/mol. The quantitative estimate of drug-likeness (QED) is 0.643. The van der Waals surface area contributed by atoms with Gasteiger partial charge in [0.1, 0.15) is 6.17 Å². The van der Waals surface area contributed by atoms with Gasteiger partial charge in [-0.05, 0) is 23.8 Å². The zero-order valence-electron chi connectivity index (χ0n) is 6.96. The first-order chi connectivity index (χ1) is 5.83. The number of alkyl halides is 1. The van der Waals surface area contributed by atoms with Crippen LogP contribution in [0, 0.1) is 0 Å². The molecule has 0 spiro atoms. The van der Waals surface area contributed by atoms with E-state index >= 15 is 0 Å². The van der Waals surface area contributed by atoms with E-state index in [0.29, 0.717) is 0 Å². The second kappa shape index (κ2) is 3.09. The van der Waals surface area contributed by atoms with E-state index in [-0.39, 0.29) is 5.25 Å². The third-order valence-electron chi connectivity index (χ3n) is 2.40. The van der Waals surface area contributed by atoms with Gasteiger partial charge in [0, 0.05) is 5.25 Å². The molecule has 0 aliphatic heterocycles. The van der Waals surface area contributed by atoms with Gasteiger partial charge in [0.2, 0.25) is 0 Å². The maximum atomic E-state index is 13.6. The molecule has 2 atom stereocenters. The predicted octanol–water partition coefficient (Wildman–Crippen LogP) is 2.98. The number of halogens is 1. The van der Waals surface area contributed by atoms with Crippen LogP contribution in [0.1, 0.15) is 17.3 Å². The molecule has 0 heterocycles. The first-order valence-electron chi connectivity index (χ1n) is 4.07. The molecule has 0 amide bonds. The van der Waals surface area contributed by atoms with E-state index in [1.807, 2.05) is 30.5 Å². The fourth-order valence-electron chi connectivity index (χ4n) is 1.71. The number of fused-ring (bicyclic) bond motifs is 1. The number of rotatable bonds is 1. The molecule has 0 saturated carbocycles. The van der Waals surface area contributed by atoms with E-state index in [0.717, 1.165) is 12.0 Å². The Hall–Kier alpha value is -0.500. The van der Waals surface area contributed by atoms with Crippen molar-refractivity contribution in [1.29, 1.82) is 0 Å². The summed E-state index contributed by atoms with van der Waals surface area (Å²) in [7, 11) is 0. The van der Waals surface area contributed by atoms with Crippen LogP contribution in [0.15, 0.2) is 24.3 Å². The molecule has 0 radical (unpaired) electrons. The van der Waals surface area contributed by atoms with E-state index in [2.05, 4.69) is 0 Å². The lowest BCUT2D eigenvalue weighted by atomic mass is 10.1. The van der Waals surface area contributed by atoms with Gasteiger partial charge in [0.05, 0.1) is 0 Å². The van der Waals surface area contributed by atoms with Gasteiger partial charge < -0.3 is 0 Å². The Bertz CT molecular complexity index is 285. The Morgan fingerprint density at radius 2 is 2.17 bits per heavy atom. The molecule has 0 nitrogen and oxygen atoms in total. The van der Waals surface area contributed by atoms with Gasteiger partial charge in [-0.15, -0.1) is 0 Å². The Morgan fingerprint density at radius 1 is 1.42 bits per heavy atom. The summed E-state index contributed by atoms with van der Waals surface area (Å²) in [6.07, 6.45) is 2.11. The van der Waals surface area contributed by atoms with Crippen LogP contribution in [0.4, 0.5) is 4.39 Å². The largest absolute Gasteiger partial charge is 0.241 e. The van der Waals surface area contributed by atoms with Gasteiger partial charge in [-0.3, -0.25) is 0 Å². The molecule has 1 aromatic rings. The van der Waals surface area contributed by atoms with Crippen molar-refractivity contribution in [3.8, 4) is 0 Å². The lowest BCUT2D eigenvalue weighted by Gasteiger charge is -2.08. The normalized spacial score (nSPS) is 27.2. The summed E-state index contributed by atoms with van der Waals surface area (Å²) in [6.45, 7) is 0. The molecule has 2 heteroatoms. The van der Waals surface area contributed by atoms with Crippen molar-refractivity contribution in [2.75, 3.05) is 6.26 Å². The highest BCUT2D eigenvalue weighted by molar-refractivity contribution is 7.99. The lowest BCUT2D eigenvalue weighted by molar-refractivity contribution is 0.352. The lowest BCUT2D eigenvalue weighted by Crippen LogP contribution is -2.03. The van der Waals surface area contributed by atoms with Crippen LogP contribution in [0.25, 0.3) is 0 Å². The topological polar surface area (TPSA) is 0 Å². The molecule has 64 valence electrons. The molecule has 1 aliphatic carbocycles. The number of benzene rings is 1. The van der Waals surface area contributed by atoms with Crippen molar-refractivity contribution in [1.82, 2.24) is 0 Å². The van der Waals surface area contributed by atoms with Crippen LogP contribution in [-0.4, -0.2) is 11.5 Å². The molecular formula is C10H11FS. The summed E-state index contributed by atoms with van der Waals surface area (Å²) in [5.41, 5.74) is 2.08. The predicted molar refractivity (Wildman–Crippen MR) is 51.3 cm³/mol. The summed E-state index contributed by atoms with van der Waals surface area (Å²) in [6, 6.07) is 7.82. The fourth-order valence-corrected chi connectivity index (χ4v) is 2.44. The van der Waals surface area contributed by atoms with Crippen molar-refractivity contribution in [3.63, 3.8) is 0 Å². The van der Waals surface area contributed by atoms with E-state index in [4.69, 9.17) is 0 Å². The maximum absolute atomic E-state index is 13.6. The van der Waals surface area contributed by atoms with Gasteiger partial charge in [-0.1, -0.05) is 24.3 Å². The summed E-state index contributed by atoms with van der Waals surface area (Å²) >= 11 is 1.62. The first kappa shape index (κ1) is 8.11. The maximum Gasteiger partial charge on any atom is 0.137 e. The Labute approximate surface area is 76.2 Å². The van der Waals surface area contributed by atoms with Crippen LogP contribution < -0.4 is 0 Å². The molecular weight excluding hydrogens is 171 g/mol. The fraction of sp³-hybridized carbons (Fsp3) is 0.400. The van der Waals surface area contributed by atoms with Gasteiger partial charge in [0.25, 0.3) is 0 Å². The minimum Gasteiger partial charge on any atom is -0.241 e. The number of hydrogen-bond acceptors (Lipinski definition) is 1. The summed E-state index contributed by atoms with van der Waals surface area (Å²) in [5, 5.41) is 0.141. The van der Waals surface area contributed by atoms with Crippen molar-refractivity contribution >= 4 is 11.8 Å². The van der Waals surface area contributed by atoms with Gasteiger partial charge in [-0.25, -0.2) is 4.39 Å². The van der Waals surface area contributed by atoms with Gasteiger partial charge >= 0.3 is 0 Å². The van der Waals surface area contributed by atoms with Crippen LogP contribution in [0.3, 0.4) is 0 Å². The zero-order chi connectivity index (χ0) is 8.55.